The van der Waals surface area contributed by atoms with Gasteiger partial charge in [-0.05, 0) is 24.3 Å². The highest BCUT2D eigenvalue weighted by Gasteiger charge is 2.22. The number of imidazole rings is 1. The van der Waals surface area contributed by atoms with E-state index in [1.807, 2.05) is 0 Å². The molecule has 0 unspecified atom stereocenters. The largest absolute Gasteiger partial charge is 0.425 e. The first-order valence-electron chi connectivity index (χ1n) is 8.91. The molecule has 31 heavy (non-hydrogen) atoms. The molecule has 0 spiro atoms. The molecule has 7 nitrogen and oxygen atoms in total. The number of halogens is 4. The molecule has 4 rings (SSSR count). The van der Waals surface area contributed by atoms with Crippen LogP contribution < -0.4 is 16.0 Å². The van der Waals surface area contributed by atoms with Gasteiger partial charge in [0.1, 0.15) is 11.6 Å². The molecule has 4 aromatic rings. The lowest BCUT2D eigenvalue weighted by molar-refractivity contribution is 0.419. The Kier molecular flexibility index (Phi) is 5.55. The smallest absolute Gasteiger partial charge is 0.332 e. The van der Waals surface area contributed by atoms with Crippen molar-refractivity contribution < 1.29 is 9.13 Å². The maximum Gasteiger partial charge on any atom is 0.332 e. The molecule has 0 radical (unpaired) electrons. The van der Waals surface area contributed by atoms with Crippen molar-refractivity contribution in [1.82, 2.24) is 18.7 Å². The molecule has 0 bridgehead atoms. The second kappa shape index (κ2) is 8.03. The van der Waals surface area contributed by atoms with Crippen molar-refractivity contribution in [2.24, 2.45) is 14.1 Å². The second-order valence-corrected chi connectivity index (χ2v) is 7.96. The number of hydrogen-bond donors (Lipinski definition) is 0. The van der Waals surface area contributed by atoms with Gasteiger partial charge in [-0.25, -0.2) is 9.18 Å². The number of hydrogen-bond acceptors (Lipinski definition) is 4. The van der Waals surface area contributed by atoms with Crippen LogP contribution in [0.25, 0.3) is 11.2 Å². The minimum absolute atomic E-state index is 0.0500. The predicted octanol–water partition coefficient (Wildman–Crippen LogP) is 4.37. The first kappa shape index (κ1) is 21.4. The van der Waals surface area contributed by atoms with Crippen LogP contribution in [-0.2, 0) is 20.6 Å². The van der Waals surface area contributed by atoms with Crippen LogP contribution in [0.1, 0.15) is 5.56 Å². The molecule has 2 aromatic carbocycles. The quantitative estimate of drug-likeness (QED) is 0.432. The first-order chi connectivity index (χ1) is 14.7. The fourth-order valence-corrected chi connectivity index (χ4v) is 3.65. The summed E-state index contributed by atoms with van der Waals surface area (Å²) in [5, 5.41) is 0.753. The minimum Gasteiger partial charge on any atom is -0.425 e. The van der Waals surface area contributed by atoms with Crippen LogP contribution in [0, 0.1) is 5.82 Å². The topological polar surface area (TPSA) is 71.1 Å². The van der Waals surface area contributed by atoms with Crippen LogP contribution in [0.3, 0.4) is 0 Å². The van der Waals surface area contributed by atoms with Gasteiger partial charge in [0.05, 0.1) is 16.6 Å². The van der Waals surface area contributed by atoms with Gasteiger partial charge in [0.25, 0.3) is 5.56 Å². The molecule has 0 aliphatic heterocycles. The van der Waals surface area contributed by atoms with E-state index in [9.17, 15) is 14.0 Å². The number of aryl methyl sites for hydroxylation is 1. The van der Waals surface area contributed by atoms with E-state index in [1.165, 1.54) is 53.6 Å². The van der Waals surface area contributed by atoms with Gasteiger partial charge in [0.2, 0.25) is 0 Å². The number of ether oxygens (including phenoxy) is 1. The van der Waals surface area contributed by atoms with Crippen molar-refractivity contribution >= 4 is 46.0 Å². The summed E-state index contributed by atoms with van der Waals surface area (Å²) in [6.45, 7) is -0.161. The zero-order valence-electron chi connectivity index (χ0n) is 16.2. The fraction of sp³-hybridized carbons (Fsp3) is 0.150. The average Bonchev–Trinajstić information content (AvgIpc) is 3.08. The third-order valence-electron chi connectivity index (χ3n) is 4.79. The van der Waals surface area contributed by atoms with Gasteiger partial charge >= 0.3 is 11.7 Å². The van der Waals surface area contributed by atoms with Crippen molar-refractivity contribution in [3.8, 4) is 11.8 Å². The van der Waals surface area contributed by atoms with E-state index in [1.54, 1.807) is 6.07 Å². The van der Waals surface area contributed by atoms with E-state index in [0.29, 0.717) is 5.02 Å². The predicted molar refractivity (Wildman–Crippen MR) is 117 cm³/mol. The summed E-state index contributed by atoms with van der Waals surface area (Å²) in [4.78, 5) is 29.6. The summed E-state index contributed by atoms with van der Waals surface area (Å²) < 4.78 is 23.9. The molecule has 0 aliphatic carbocycles. The normalized spacial score (nSPS) is 11.3. The summed E-state index contributed by atoms with van der Waals surface area (Å²) in [7, 11) is 2.82. The lowest BCUT2D eigenvalue weighted by Crippen LogP contribution is -2.37. The summed E-state index contributed by atoms with van der Waals surface area (Å²) in [5.41, 5.74) is -0.901. The monoisotopic (exact) mass is 482 g/mol. The van der Waals surface area contributed by atoms with Crippen LogP contribution in [0.5, 0.6) is 11.8 Å². The second-order valence-electron chi connectivity index (χ2n) is 6.74. The van der Waals surface area contributed by atoms with Crippen LogP contribution in [0.4, 0.5) is 4.39 Å². The van der Waals surface area contributed by atoms with Crippen LogP contribution in [0.15, 0.2) is 46.0 Å². The van der Waals surface area contributed by atoms with Gasteiger partial charge in [-0.1, -0.05) is 40.9 Å². The summed E-state index contributed by atoms with van der Waals surface area (Å²) >= 11 is 18.2. The number of rotatable bonds is 4. The highest BCUT2D eigenvalue weighted by atomic mass is 35.5. The Morgan fingerprint density at radius 3 is 2.42 bits per heavy atom. The average molecular weight is 484 g/mol. The summed E-state index contributed by atoms with van der Waals surface area (Å²) in [6.07, 6.45) is 0. The molecule has 0 atom stereocenters. The molecule has 0 aliphatic rings. The zero-order valence-corrected chi connectivity index (χ0v) is 18.5. The Balaban J connectivity index is 1.98. The number of nitrogens with zero attached hydrogens (tertiary/aromatic N) is 4. The van der Waals surface area contributed by atoms with Crippen LogP contribution in [-0.4, -0.2) is 18.7 Å². The van der Waals surface area contributed by atoms with Gasteiger partial charge in [-0.3, -0.25) is 18.5 Å². The van der Waals surface area contributed by atoms with E-state index in [4.69, 9.17) is 39.5 Å². The van der Waals surface area contributed by atoms with Gasteiger partial charge in [0.15, 0.2) is 11.2 Å². The Hall–Kier alpha value is -2.81. The van der Waals surface area contributed by atoms with Crippen molar-refractivity contribution in [3.63, 3.8) is 0 Å². The first-order valence-corrected chi connectivity index (χ1v) is 10.0. The van der Waals surface area contributed by atoms with Gasteiger partial charge < -0.3 is 4.74 Å². The number of benzene rings is 2. The molecule has 160 valence electrons. The van der Waals surface area contributed by atoms with Gasteiger partial charge in [-0.15, -0.1) is 0 Å². The van der Waals surface area contributed by atoms with Crippen molar-refractivity contribution in [1.29, 1.82) is 0 Å². The maximum absolute atomic E-state index is 14.5. The maximum atomic E-state index is 14.5. The Morgan fingerprint density at radius 1 is 1.00 bits per heavy atom. The minimum atomic E-state index is -0.609. The zero-order chi connectivity index (χ0) is 22.4. The number of fused-ring (bicyclic) bond motifs is 1. The molecule has 0 fully saturated rings. The van der Waals surface area contributed by atoms with E-state index in [-0.39, 0.29) is 45.1 Å². The highest BCUT2D eigenvalue weighted by molar-refractivity contribution is 6.42. The van der Waals surface area contributed by atoms with E-state index in [2.05, 4.69) is 4.98 Å². The van der Waals surface area contributed by atoms with Gasteiger partial charge in [-0.2, -0.15) is 4.98 Å². The molecule has 0 saturated heterocycles. The number of aromatic nitrogens is 4. The molecular weight excluding hydrogens is 470 g/mol. The lowest BCUT2D eigenvalue weighted by atomic mass is 10.2. The Morgan fingerprint density at radius 2 is 1.74 bits per heavy atom. The Bertz CT molecular complexity index is 1440. The molecule has 0 N–H and O–H groups in total. The lowest BCUT2D eigenvalue weighted by Gasteiger charge is -2.12. The third-order valence-corrected chi connectivity index (χ3v) is 5.88. The van der Waals surface area contributed by atoms with Gasteiger partial charge in [0, 0.05) is 30.7 Å². The molecule has 2 heterocycles. The summed E-state index contributed by atoms with van der Waals surface area (Å²) in [6, 6.07) is 8.79. The van der Waals surface area contributed by atoms with E-state index in [0.717, 1.165) is 4.57 Å². The standard InChI is InChI=1S/C20H14Cl3FN4O3/c1-26-17-16(18(29)27(2)20(26)30)28(9-11-12(21)4-3-5-15(11)24)19(25-17)31-10-6-7-13(22)14(23)8-10/h3-8H,9H2,1-2H3. The van der Waals surface area contributed by atoms with Crippen LogP contribution >= 0.6 is 34.8 Å². The van der Waals surface area contributed by atoms with Crippen LogP contribution in [0.2, 0.25) is 15.1 Å². The molecule has 11 heteroatoms. The Labute approximate surface area is 189 Å². The third kappa shape index (κ3) is 3.71. The van der Waals surface area contributed by atoms with E-state index < -0.39 is 17.1 Å². The highest BCUT2D eigenvalue weighted by Crippen LogP contribution is 2.31. The van der Waals surface area contributed by atoms with Crippen molar-refractivity contribution in [2.75, 3.05) is 0 Å². The molecular formula is C20H14Cl3FN4O3. The fourth-order valence-electron chi connectivity index (χ4n) is 3.14. The van der Waals surface area contributed by atoms with E-state index >= 15 is 0 Å². The molecule has 0 amide bonds. The summed E-state index contributed by atoms with van der Waals surface area (Å²) in [5.74, 6) is -0.274. The van der Waals surface area contributed by atoms with Crippen molar-refractivity contribution in [3.05, 3.63) is 83.7 Å². The SMILES string of the molecule is Cn1c(=O)c2c(nc(Oc3ccc(Cl)c(Cl)c3)n2Cc2c(F)cccc2Cl)n(C)c1=O. The molecule has 0 saturated carbocycles. The molecule has 2 aromatic heterocycles. The van der Waals surface area contributed by atoms with Crippen molar-refractivity contribution in [2.45, 2.75) is 6.54 Å².